The highest BCUT2D eigenvalue weighted by Crippen LogP contribution is 2.38. The number of sulfonamides is 1. The predicted octanol–water partition coefficient (Wildman–Crippen LogP) is 1.86. The minimum atomic E-state index is -4.84. The number of alkyl halides is 3. The number of halogens is 3. The van der Waals surface area contributed by atoms with Crippen LogP contribution in [0, 0.1) is 0 Å². The fourth-order valence-electron chi connectivity index (χ4n) is 2.88. The van der Waals surface area contributed by atoms with Gasteiger partial charge in [-0.3, -0.25) is 4.79 Å². The molecular formula is C16H21F3N2O4S. The molecule has 0 aliphatic carbocycles. The second-order valence-electron chi connectivity index (χ2n) is 6.12. The molecule has 6 nitrogen and oxygen atoms in total. The van der Waals surface area contributed by atoms with Gasteiger partial charge in [-0.25, -0.2) is 8.42 Å². The van der Waals surface area contributed by atoms with Crippen LogP contribution < -0.4 is 0 Å². The summed E-state index contributed by atoms with van der Waals surface area (Å²) in [7, 11) is -3.79. The molecule has 2 rings (SSSR count). The van der Waals surface area contributed by atoms with Crippen molar-refractivity contribution in [3.05, 3.63) is 29.8 Å². The summed E-state index contributed by atoms with van der Waals surface area (Å²) in [5, 5.41) is 9.69. The van der Waals surface area contributed by atoms with E-state index in [0.717, 1.165) is 11.0 Å². The first-order chi connectivity index (χ1) is 12.0. The molecule has 0 bridgehead atoms. The van der Waals surface area contributed by atoms with Crippen LogP contribution in [-0.2, 0) is 10.0 Å². The third-order valence-electron chi connectivity index (χ3n) is 4.49. The van der Waals surface area contributed by atoms with E-state index in [0.29, 0.717) is 0 Å². The van der Waals surface area contributed by atoms with E-state index in [2.05, 4.69) is 0 Å². The number of hydrogen-bond acceptors (Lipinski definition) is 4. The number of rotatable bonds is 5. The molecule has 1 N–H and O–H groups in total. The zero-order valence-corrected chi connectivity index (χ0v) is 15.3. The van der Waals surface area contributed by atoms with Gasteiger partial charge in [-0.15, -0.1) is 0 Å². The van der Waals surface area contributed by atoms with Gasteiger partial charge in [-0.1, -0.05) is 19.9 Å². The summed E-state index contributed by atoms with van der Waals surface area (Å²) < 4.78 is 65.0. The second-order valence-corrected chi connectivity index (χ2v) is 8.06. The number of carbonyl (C=O) groups excluding carboxylic acids is 1. The zero-order valence-electron chi connectivity index (χ0n) is 14.5. The van der Waals surface area contributed by atoms with Crippen molar-refractivity contribution in [2.24, 2.45) is 0 Å². The third-order valence-corrected chi connectivity index (χ3v) is 6.53. The number of likely N-dealkylation sites (tertiary alicyclic amines) is 1. The van der Waals surface area contributed by atoms with Crippen LogP contribution in [0.3, 0.4) is 0 Å². The lowest BCUT2D eigenvalue weighted by Crippen LogP contribution is -2.48. The number of nitrogens with zero attached hydrogens (tertiary/aromatic N) is 2. The average molecular weight is 394 g/mol. The van der Waals surface area contributed by atoms with Crippen molar-refractivity contribution in [1.82, 2.24) is 9.21 Å². The molecule has 146 valence electrons. The van der Waals surface area contributed by atoms with Crippen molar-refractivity contribution in [3.63, 3.8) is 0 Å². The van der Waals surface area contributed by atoms with Gasteiger partial charge in [0.25, 0.3) is 5.91 Å². The molecule has 1 atom stereocenters. The maximum absolute atomic E-state index is 12.9. The highest BCUT2D eigenvalue weighted by Gasteiger charge is 2.57. The number of aliphatic hydroxyl groups is 1. The normalized spacial score (nSPS) is 21.4. The van der Waals surface area contributed by atoms with E-state index in [-0.39, 0.29) is 30.1 Å². The molecule has 1 heterocycles. The molecule has 10 heteroatoms. The van der Waals surface area contributed by atoms with Crippen LogP contribution in [0.15, 0.2) is 29.2 Å². The summed E-state index contributed by atoms with van der Waals surface area (Å²) in [6.45, 7) is 2.73. The maximum Gasteiger partial charge on any atom is 0.419 e. The number of benzene rings is 1. The Labute approximate surface area is 150 Å². The van der Waals surface area contributed by atoms with Gasteiger partial charge in [0, 0.05) is 31.6 Å². The first kappa shape index (κ1) is 20.7. The van der Waals surface area contributed by atoms with Gasteiger partial charge in [-0.2, -0.15) is 17.5 Å². The first-order valence-corrected chi connectivity index (χ1v) is 9.59. The smallest absolute Gasteiger partial charge is 0.379 e. The van der Waals surface area contributed by atoms with E-state index in [1.165, 1.54) is 22.5 Å². The van der Waals surface area contributed by atoms with Crippen molar-refractivity contribution in [2.45, 2.75) is 36.9 Å². The molecule has 0 aromatic heterocycles. The summed E-state index contributed by atoms with van der Waals surface area (Å²) in [4.78, 5) is 13.3. The average Bonchev–Trinajstić information content (AvgIpc) is 2.99. The lowest BCUT2D eigenvalue weighted by Gasteiger charge is -2.26. The van der Waals surface area contributed by atoms with Gasteiger partial charge in [0.2, 0.25) is 10.0 Å². The van der Waals surface area contributed by atoms with Crippen LogP contribution in [0.2, 0.25) is 0 Å². The fraction of sp³-hybridized carbons (Fsp3) is 0.562. The van der Waals surface area contributed by atoms with Gasteiger partial charge in [0.1, 0.15) is 0 Å². The van der Waals surface area contributed by atoms with Crippen LogP contribution in [0.1, 0.15) is 30.6 Å². The van der Waals surface area contributed by atoms with E-state index < -0.39 is 40.7 Å². The Hall–Kier alpha value is -1.65. The van der Waals surface area contributed by atoms with Crippen LogP contribution in [0.4, 0.5) is 13.2 Å². The van der Waals surface area contributed by atoms with Crippen molar-refractivity contribution in [3.8, 4) is 0 Å². The quantitative estimate of drug-likeness (QED) is 0.827. The molecule has 1 aromatic rings. The predicted molar refractivity (Wildman–Crippen MR) is 88.1 cm³/mol. The van der Waals surface area contributed by atoms with E-state index in [1.807, 2.05) is 0 Å². The standard InChI is InChI=1S/C16H21F3N2O4S/c1-3-21(4-2)26(24,25)13-7-5-6-12(10-13)14(22)20-9-8-15(23,11-20)16(17,18)19/h5-7,10,23H,3-4,8-9,11H2,1-2H3. The topological polar surface area (TPSA) is 77.9 Å². The molecule has 1 amide bonds. The van der Waals surface area contributed by atoms with E-state index in [4.69, 9.17) is 0 Å². The largest absolute Gasteiger partial charge is 0.419 e. The van der Waals surface area contributed by atoms with Crippen molar-refractivity contribution in [1.29, 1.82) is 0 Å². The van der Waals surface area contributed by atoms with Gasteiger partial charge in [0.05, 0.1) is 11.4 Å². The molecule has 0 spiro atoms. The Morgan fingerprint density at radius 1 is 1.31 bits per heavy atom. The fourth-order valence-corrected chi connectivity index (χ4v) is 4.39. The Kier molecular flexibility index (Phi) is 5.69. The van der Waals surface area contributed by atoms with E-state index in [9.17, 15) is 31.5 Å². The molecule has 0 saturated carbocycles. The monoisotopic (exact) mass is 394 g/mol. The molecule has 1 aliphatic heterocycles. The van der Waals surface area contributed by atoms with Crippen LogP contribution >= 0.6 is 0 Å². The SMILES string of the molecule is CCN(CC)S(=O)(=O)c1cccc(C(=O)N2CCC(O)(C(F)(F)F)C2)c1. The Bertz CT molecular complexity index is 778. The van der Waals surface area contributed by atoms with Crippen molar-refractivity contribution >= 4 is 15.9 Å². The van der Waals surface area contributed by atoms with E-state index >= 15 is 0 Å². The Morgan fingerprint density at radius 3 is 2.42 bits per heavy atom. The second kappa shape index (κ2) is 7.16. The Morgan fingerprint density at radius 2 is 1.92 bits per heavy atom. The number of hydrogen-bond donors (Lipinski definition) is 1. The molecule has 1 fully saturated rings. The molecule has 1 aliphatic rings. The minimum Gasteiger partial charge on any atom is -0.379 e. The molecule has 1 aromatic carbocycles. The maximum atomic E-state index is 12.9. The number of β-amino-alcohol motifs (C(OH)–C–C–N with tert-alkyl or cyclic N) is 1. The van der Waals surface area contributed by atoms with Gasteiger partial charge >= 0.3 is 6.18 Å². The van der Waals surface area contributed by atoms with Crippen LogP contribution in [-0.4, -0.2) is 66.6 Å². The molecule has 0 radical (unpaired) electrons. The highest BCUT2D eigenvalue weighted by atomic mass is 32.2. The summed E-state index contributed by atoms with van der Waals surface area (Å²) in [6, 6.07) is 5.20. The third kappa shape index (κ3) is 3.72. The van der Waals surface area contributed by atoms with Crippen molar-refractivity contribution in [2.75, 3.05) is 26.2 Å². The minimum absolute atomic E-state index is 0.0374. The van der Waals surface area contributed by atoms with E-state index in [1.54, 1.807) is 13.8 Å². The van der Waals surface area contributed by atoms with Crippen LogP contribution in [0.25, 0.3) is 0 Å². The van der Waals surface area contributed by atoms with Crippen molar-refractivity contribution < 1.29 is 31.5 Å². The molecule has 1 saturated heterocycles. The zero-order chi connectivity index (χ0) is 19.8. The van der Waals surface area contributed by atoms with Gasteiger partial charge in [0.15, 0.2) is 5.60 Å². The van der Waals surface area contributed by atoms with Gasteiger partial charge in [-0.05, 0) is 18.2 Å². The van der Waals surface area contributed by atoms with Gasteiger partial charge < -0.3 is 10.0 Å². The Balaban J connectivity index is 2.28. The molecule has 26 heavy (non-hydrogen) atoms. The van der Waals surface area contributed by atoms with Crippen LogP contribution in [0.5, 0.6) is 0 Å². The number of carbonyl (C=O) groups is 1. The summed E-state index contributed by atoms with van der Waals surface area (Å²) in [5.74, 6) is -0.748. The number of amides is 1. The lowest BCUT2D eigenvalue weighted by atomic mass is 10.0. The molecule has 1 unspecified atom stereocenters. The summed E-state index contributed by atoms with van der Waals surface area (Å²) in [5.41, 5.74) is -2.97. The summed E-state index contributed by atoms with van der Waals surface area (Å²) >= 11 is 0. The lowest BCUT2D eigenvalue weighted by molar-refractivity contribution is -0.253. The highest BCUT2D eigenvalue weighted by molar-refractivity contribution is 7.89. The molecular weight excluding hydrogens is 373 g/mol. The first-order valence-electron chi connectivity index (χ1n) is 8.15. The summed E-state index contributed by atoms with van der Waals surface area (Å²) in [6.07, 6.45) is -5.45.